The molecule has 1 fully saturated rings. The number of hydrogen-bond donors (Lipinski definition) is 2. The number of carbonyl (C=O) groups excluding carboxylic acids is 3. The monoisotopic (exact) mass is 480 g/mol. The van der Waals surface area contributed by atoms with Gasteiger partial charge in [-0.25, -0.2) is 0 Å². The minimum Gasteiger partial charge on any atom is -0.353 e. The van der Waals surface area contributed by atoms with Crippen LogP contribution in [-0.4, -0.2) is 76.1 Å². The molecule has 9 nitrogen and oxygen atoms in total. The van der Waals surface area contributed by atoms with E-state index in [0.717, 1.165) is 31.6 Å². The molecule has 9 heteroatoms. The van der Waals surface area contributed by atoms with Crippen LogP contribution in [0.5, 0.6) is 0 Å². The van der Waals surface area contributed by atoms with Crippen LogP contribution >= 0.6 is 0 Å². The molecule has 3 heterocycles. The summed E-state index contributed by atoms with van der Waals surface area (Å²) in [5.74, 6) is -0.822. The second-order valence-electron chi connectivity index (χ2n) is 9.59. The van der Waals surface area contributed by atoms with E-state index in [4.69, 9.17) is 0 Å². The van der Waals surface area contributed by atoms with Crippen LogP contribution in [0.1, 0.15) is 64.7 Å². The van der Waals surface area contributed by atoms with Gasteiger partial charge < -0.3 is 20.4 Å². The van der Waals surface area contributed by atoms with E-state index in [1.165, 1.54) is 30.9 Å². The topological polar surface area (TPSA) is 99.6 Å². The number of likely N-dealkylation sites (tertiary alicyclic amines) is 1. The minimum absolute atomic E-state index is 0.141. The van der Waals surface area contributed by atoms with E-state index in [9.17, 15) is 14.4 Å². The van der Waals surface area contributed by atoms with Gasteiger partial charge in [0.05, 0.1) is 0 Å². The molecule has 3 amide bonds. The number of nitrogens with one attached hydrogen (secondary N) is 2. The third-order valence-corrected chi connectivity index (χ3v) is 6.73. The normalized spacial score (nSPS) is 17.4. The van der Waals surface area contributed by atoms with Gasteiger partial charge in [0.25, 0.3) is 11.8 Å². The molecule has 0 saturated carbocycles. The first-order valence-corrected chi connectivity index (χ1v) is 12.6. The number of aromatic nitrogens is 2. The lowest BCUT2D eigenvalue weighted by Crippen LogP contribution is -2.47. The average molecular weight is 481 g/mol. The smallest absolute Gasteiger partial charge is 0.272 e. The van der Waals surface area contributed by atoms with E-state index in [1.807, 2.05) is 31.2 Å². The van der Waals surface area contributed by atoms with Crippen LogP contribution < -0.4 is 10.6 Å². The minimum atomic E-state index is -0.695. The molecule has 0 bridgehead atoms. The number of nitrogens with zero attached hydrogens (tertiary/aromatic N) is 4. The molecule has 2 aromatic rings. The van der Waals surface area contributed by atoms with Crippen LogP contribution in [0.15, 0.2) is 30.3 Å². The van der Waals surface area contributed by atoms with Gasteiger partial charge >= 0.3 is 0 Å². The molecule has 0 aliphatic carbocycles. The zero-order valence-corrected chi connectivity index (χ0v) is 20.8. The SMILES string of the molecule is Cc1ccc(CN2CCCn3nc(C(=O)NC(C)C(=O)NCCN4CCCCC4)cc3C2=O)cc1. The van der Waals surface area contributed by atoms with Gasteiger partial charge in [0.2, 0.25) is 5.91 Å². The molecule has 4 rings (SSSR count). The summed E-state index contributed by atoms with van der Waals surface area (Å²) < 4.78 is 1.61. The molecular formula is C26H36N6O3. The highest BCUT2D eigenvalue weighted by Crippen LogP contribution is 2.17. The first-order chi connectivity index (χ1) is 16.9. The number of rotatable bonds is 8. The summed E-state index contributed by atoms with van der Waals surface area (Å²) in [6.45, 7) is 8.93. The first kappa shape index (κ1) is 24.9. The molecule has 2 aliphatic heterocycles. The quantitative estimate of drug-likeness (QED) is 0.602. The maximum absolute atomic E-state index is 13.2. The van der Waals surface area contributed by atoms with Gasteiger partial charge in [-0.1, -0.05) is 36.2 Å². The Hall–Kier alpha value is -3.20. The van der Waals surface area contributed by atoms with Crippen molar-refractivity contribution in [2.45, 2.75) is 58.7 Å². The van der Waals surface area contributed by atoms with Gasteiger partial charge in [0, 0.05) is 38.8 Å². The molecular weight excluding hydrogens is 444 g/mol. The van der Waals surface area contributed by atoms with Crippen molar-refractivity contribution >= 4 is 17.7 Å². The van der Waals surface area contributed by atoms with Crippen LogP contribution in [0.2, 0.25) is 0 Å². The maximum Gasteiger partial charge on any atom is 0.272 e. The Morgan fingerprint density at radius 1 is 1.03 bits per heavy atom. The summed E-state index contributed by atoms with van der Waals surface area (Å²) >= 11 is 0. The third kappa shape index (κ3) is 6.48. The van der Waals surface area contributed by atoms with E-state index >= 15 is 0 Å². The van der Waals surface area contributed by atoms with Gasteiger partial charge in [0.15, 0.2) is 5.69 Å². The second kappa shape index (κ2) is 11.5. The first-order valence-electron chi connectivity index (χ1n) is 12.6. The van der Waals surface area contributed by atoms with Crippen molar-refractivity contribution in [3.05, 3.63) is 52.8 Å². The van der Waals surface area contributed by atoms with Crippen molar-refractivity contribution < 1.29 is 14.4 Å². The van der Waals surface area contributed by atoms with Crippen LogP contribution in [0.3, 0.4) is 0 Å². The van der Waals surface area contributed by atoms with Gasteiger partial charge in [-0.05, 0) is 51.8 Å². The lowest BCUT2D eigenvalue weighted by atomic mass is 10.1. The fourth-order valence-corrected chi connectivity index (χ4v) is 4.62. The predicted octanol–water partition coefficient (Wildman–Crippen LogP) is 1.96. The Morgan fingerprint density at radius 3 is 2.51 bits per heavy atom. The summed E-state index contributed by atoms with van der Waals surface area (Å²) in [6, 6.07) is 8.97. The van der Waals surface area contributed by atoms with Crippen molar-refractivity contribution in [3.8, 4) is 0 Å². The number of fused-ring (bicyclic) bond motifs is 1. The van der Waals surface area contributed by atoms with Crippen molar-refractivity contribution in [3.63, 3.8) is 0 Å². The van der Waals surface area contributed by atoms with Crippen molar-refractivity contribution in [2.24, 2.45) is 0 Å². The van der Waals surface area contributed by atoms with Gasteiger partial charge in [-0.2, -0.15) is 5.10 Å². The predicted molar refractivity (Wildman–Crippen MR) is 133 cm³/mol. The summed E-state index contributed by atoms with van der Waals surface area (Å²) in [5.41, 5.74) is 2.79. The number of aryl methyl sites for hydroxylation is 2. The fourth-order valence-electron chi connectivity index (χ4n) is 4.62. The van der Waals surface area contributed by atoms with Crippen LogP contribution in [0.4, 0.5) is 0 Å². The Kier molecular flexibility index (Phi) is 8.17. The second-order valence-corrected chi connectivity index (χ2v) is 9.59. The molecule has 2 N–H and O–H groups in total. The molecule has 1 atom stereocenters. The lowest BCUT2D eigenvalue weighted by Gasteiger charge is -2.26. The van der Waals surface area contributed by atoms with Crippen LogP contribution in [0.25, 0.3) is 0 Å². The molecule has 1 aromatic heterocycles. The Balaban J connectivity index is 1.32. The zero-order valence-electron chi connectivity index (χ0n) is 20.8. The summed E-state index contributed by atoms with van der Waals surface area (Å²) in [5, 5.41) is 9.99. The van der Waals surface area contributed by atoms with E-state index in [2.05, 4.69) is 20.6 Å². The van der Waals surface area contributed by atoms with Gasteiger partial charge in [-0.15, -0.1) is 0 Å². The van der Waals surface area contributed by atoms with Gasteiger partial charge in [-0.3, -0.25) is 19.1 Å². The van der Waals surface area contributed by atoms with Crippen LogP contribution in [0, 0.1) is 6.92 Å². The highest BCUT2D eigenvalue weighted by atomic mass is 16.2. The largest absolute Gasteiger partial charge is 0.353 e. The molecule has 2 aliphatic rings. The standard InChI is InChI=1S/C26H36N6O3/c1-19-7-9-21(10-8-19)18-31-14-6-15-32-23(26(31)35)17-22(29-32)25(34)28-20(2)24(33)27-11-16-30-12-4-3-5-13-30/h7-10,17,20H,3-6,11-16,18H2,1-2H3,(H,27,33)(H,28,34). The third-order valence-electron chi connectivity index (χ3n) is 6.73. The average Bonchev–Trinajstić information content (AvgIpc) is 3.23. The summed E-state index contributed by atoms with van der Waals surface area (Å²) in [6.07, 6.45) is 4.45. The maximum atomic E-state index is 13.2. The molecule has 188 valence electrons. The highest BCUT2D eigenvalue weighted by molar-refractivity contribution is 5.99. The molecule has 1 aromatic carbocycles. The lowest BCUT2D eigenvalue weighted by molar-refractivity contribution is -0.122. The fraction of sp³-hybridized carbons (Fsp3) is 0.538. The molecule has 0 radical (unpaired) electrons. The molecule has 35 heavy (non-hydrogen) atoms. The number of piperidine rings is 1. The summed E-state index contributed by atoms with van der Waals surface area (Å²) in [7, 11) is 0. The number of carbonyl (C=O) groups is 3. The van der Waals surface area contributed by atoms with Crippen LogP contribution in [-0.2, 0) is 17.9 Å². The number of benzene rings is 1. The Morgan fingerprint density at radius 2 is 1.77 bits per heavy atom. The summed E-state index contributed by atoms with van der Waals surface area (Å²) in [4.78, 5) is 42.6. The van der Waals surface area contributed by atoms with Crippen molar-refractivity contribution in [2.75, 3.05) is 32.7 Å². The molecule has 1 saturated heterocycles. The zero-order chi connectivity index (χ0) is 24.8. The Labute approximate surface area is 206 Å². The van der Waals surface area contributed by atoms with Crippen molar-refractivity contribution in [1.82, 2.24) is 30.2 Å². The van der Waals surface area contributed by atoms with E-state index in [-0.39, 0.29) is 17.5 Å². The van der Waals surface area contributed by atoms with E-state index < -0.39 is 11.9 Å². The number of amides is 3. The van der Waals surface area contributed by atoms with E-state index in [0.29, 0.717) is 31.9 Å². The Bertz CT molecular complexity index is 1040. The molecule has 0 spiro atoms. The van der Waals surface area contributed by atoms with Crippen molar-refractivity contribution in [1.29, 1.82) is 0 Å². The van der Waals surface area contributed by atoms with Gasteiger partial charge in [0.1, 0.15) is 11.7 Å². The molecule has 1 unspecified atom stereocenters. The van der Waals surface area contributed by atoms with E-state index in [1.54, 1.807) is 16.5 Å². The number of hydrogen-bond acceptors (Lipinski definition) is 5. The highest BCUT2D eigenvalue weighted by Gasteiger charge is 2.27.